The third-order valence-corrected chi connectivity index (χ3v) is 7.56. The SMILES string of the molecule is CN(C)CCCC(=O)Nc1ccc(CN[C@H]2CCC[C@@H](Nc3ncc(Cl)c(-c4c[nH]c5ccccc45)n3)C2)nc1. The van der Waals surface area contributed by atoms with Crippen molar-refractivity contribution in [2.24, 2.45) is 0 Å². The second-order valence-corrected chi connectivity index (χ2v) is 11.1. The van der Waals surface area contributed by atoms with Gasteiger partial charge in [0.1, 0.15) is 0 Å². The number of hydrogen-bond acceptors (Lipinski definition) is 7. The van der Waals surface area contributed by atoms with E-state index in [2.05, 4.69) is 41.9 Å². The number of anilines is 2. The molecule has 4 aromatic rings. The maximum atomic E-state index is 12.1. The first-order chi connectivity index (χ1) is 19.4. The summed E-state index contributed by atoms with van der Waals surface area (Å²) in [6.07, 6.45) is 11.0. The van der Waals surface area contributed by atoms with Gasteiger partial charge in [0.25, 0.3) is 0 Å². The second kappa shape index (κ2) is 13.2. The van der Waals surface area contributed by atoms with Gasteiger partial charge in [-0.1, -0.05) is 29.8 Å². The zero-order chi connectivity index (χ0) is 27.9. The quantitative estimate of drug-likeness (QED) is 0.192. The molecule has 210 valence electrons. The van der Waals surface area contributed by atoms with Crippen LogP contribution in [0, 0.1) is 0 Å². The lowest BCUT2D eigenvalue weighted by Gasteiger charge is -2.30. The number of carbonyl (C=O) groups excluding carboxylic acids is 1. The van der Waals surface area contributed by atoms with Crippen molar-refractivity contribution < 1.29 is 4.79 Å². The minimum absolute atomic E-state index is 0.0218. The summed E-state index contributed by atoms with van der Waals surface area (Å²) in [6.45, 7) is 1.57. The second-order valence-electron chi connectivity index (χ2n) is 10.7. The van der Waals surface area contributed by atoms with E-state index in [-0.39, 0.29) is 11.9 Å². The average Bonchev–Trinajstić information content (AvgIpc) is 3.38. The van der Waals surface area contributed by atoms with Crippen molar-refractivity contribution >= 4 is 40.0 Å². The molecule has 0 saturated heterocycles. The number of pyridine rings is 1. The van der Waals surface area contributed by atoms with Crippen LogP contribution in [0.5, 0.6) is 0 Å². The number of amides is 1. The fraction of sp³-hybridized carbons (Fsp3) is 0.400. The van der Waals surface area contributed by atoms with E-state index < -0.39 is 0 Å². The maximum Gasteiger partial charge on any atom is 0.224 e. The summed E-state index contributed by atoms with van der Waals surface area (Å²) in [5.41, 5.74) is 4.42. The van der Waals surface area contributed by atoms with Gasteiger partial charge < -0.3 is 25.8 Å². The molecule has 2 atom stereocenters. The van der Waals surface area contributed by atoms with Crippen LogP contribution in [0.1, 0.15) is 44.2 Å². The molecule has 1 amide bonds. The zero-order valence-corrected chi connectivity index (χ0v) is 23.8. The van der Waals surface area contributed by atoms with Crippen LogP contribution in [0.2, 0.25) is 5.02 Å². The summed E-state index contributed by atoms with van der Waals surface area (Å²) in [5, 5.41) is 11.7. The highest BCUT2D eigenvalue weighted by atomic mass is 35.5. The summed E-state index contributed by atoms with van der Waals surface area (Å²) in [4.78, 5) is 31.3. The Kier molecular flexibility index (Phi) is 9.26. The molecule has 10 heteroatoms. The Hall–Kier alpha value is -3.53. The fourth-order valence-electron chi connectivity index (χ4n) is 5.21. The van der Waals surface area contributed by atoms with Crippen LogP contribution in [0.3, 0.4) is 0 Å². The first kappa shape index (κ1) is 28.0. The Morgan fingerprint density at radius 2 is 1.95 bits per heavy atom. The summed E-state index contributed by atoms with van der Waals surface area (Å²) >= 11 is 6.51. The number of H-pyrrole nitrogens is 1. The number of aromatic amines is 1. The lowest BCUT2D eigenvalue weighted by molar-refractivity contribution is -0.116. The van der Waals surface area contributed by atoms with Crippen molar-refractivity contribution in [3.63, 3.8) is 0 Å². The van der Waals surface area contributed by atoms with Crippen LogP contribution in [-0.2, 0) is 11.3 Å². The van der Waals surface area contributed by atoms with Gasteiger partial charge >= 0.3 is 0 Å². The highest BCUT2D eigenvalue weighted by molar-refractivity contribution is 6.33. The van der Waals surface area contributed by atoms with Crippen molar-refractivity contribution in [1.29, 1.82) is 0 Å². The smallest absolute Gasteiger partial charge is 0.224 e. The number of nitrogens with zero attached hydrogens (tertiary/aromatic N) is 4. The summed E-state index contributed by atoms with van der Waals surface area (Å²) in [6, 6.07) is 12.6. The zero-order valence-electron chi connectivity index (χ0n) is 23.1. The number of aromatic nitrogens is 4. The molecule has 1 saturated carbocycles. The molecule has 1 aromatic carbocycles. The molecule has 5 rings (SSSR count). The van der Waals surface area contributed by atoms with Gasteiger partial charge in [-0.15, -0.1) is 0 Å². The molecule has 0 bridgehead atoms. The van der Waals surface area contributed by atoms with Gasteiger partial charge in [0.05, 0.1) is 34.5 Å². The molecule has 0 unspecified atom stereocenters. The molecule has 1 aliphatic rings. The summed E-state index contributed by atoms with van der Waals surface area (Å²) < 4.78 is 0. The minimum Gasteiger partial charge on any atom is -0.360 e. The van der Waals surface area contributed by atoms with E-state index in [1.165, 1.54) is 0 Å². The fourth-order valence-corrected chi connectivity index (χ4v) is 5.41. The number of carbonyl (C=O) groups is 1. The number of hydrogen-bond donors (Lipinski definition) is 4. The molecule has 3 aromatic heterocycles. The predicted molar refractivity (Wildman–Crippen MR) is 161 cm³/mol. The number of benzene rings is 1. The van der Waals surface area contributed by atoms with E-state index in [1.54, 1.807) is 12.4 Å². The van der Waals surface area contributed by atoms with Gasteiger partial charge in [-0.2, -0.15) is 0 Å². The lowest BCUT2D eigenvalue weighted by Crippen LogP contribution is -2.39. The molecule has 0 radical (unpaired) electrons. The van der Waals surface area contributed by atoms with E-state index in [9.17, 15) is 4.79 Å². The first-order valence-corrected chi connectivity index (χ1v) is 14.3. The van der Waals surface area contributed by atoms with Crippen molar-refractivity contribution in [2.75, 3.05) is 31.3 Å². The van der Waals surface area contributed by atoms with Crippen LogP contribution in [0.4, 0.5) is 11.6 Å². The number of halogens is 1. The maximum absolute atomic E-state index is 12.1. The number of fused-ring (bicyclic) bond motifs is 1. The van der Waals surface area contributed by atoms with Gasteiger partial charge in [0.15, 0.2) is 0 Å². The average molecular weight is 561 g/mol. The van der Waals surface area contributed by atoms with E-state index in [0.717, 1.165) is 72.2 Å². The normalized spacial score (nSPS) is 17.3. The molecule has 1 aliphatic carbocycles. The molecule has 40 heavy (non-hydrogen) atoms. The van der Waals surface area contributed by atoms with E-state index in [0.29, 0.717) is 30.0 Å². The third-order valence-electron chi connectivity index (χ3n) is 7.29. The molecular formula is C30H37ClN8O. The van der Waals surface area contributed by atoms with E-state index in [4.69, 9.17) is 16.6 Å². The van der Waals surface area contributed by atoms with Crippen molar-refractivity contribution in [2.45, 2.75) is 57.2 Å². The predicted octanol–water partition coefficient (Wildman–Crippen LogP) is 5.47. The molecule has 1 fully saturated rings. The van der Waals surface area contributed by atoms with E-state index in [1.807, 2.05) is 50.6 Å². The topological polar surface area (TPSA) is 111 Å². The summed E-state index contributed by atoms with van der Waals surface area (Å²) in [7, 11) is 4.02. The third kappa shape index (κ3) is 7.35. The van der Waals surface area contributed by atoms with Crippen molar-refractivity contribution in [3.8, 4) is 11.3 Å². The Bertz CT molecular complexity index is 1420. The number of nitrogens with one attached hydrogen (secondary N) is 4. The molecule has 3 heterocycles. The summed E-state index contributed by atoms with van der Waals surface area (Å²) in [5.74, 6) is 0.616. The molecule has 9 nitrogen and oxygen atoms in total. The van der Waals surface area contributed by atoms with Gasteiger partial charge in [-0.05, 0) is 70.9 Å². The van der Waals surface area contributed by atoms with Gasteiger partial charge in [0.2, 0.25) is 11.9 Å². The van der Waals surface area contributed by atoms with Crippen molar-refractivity contribution in [3.05, 3.63) is 65.7 Å². The lowest BCUT2D eigenvalue weighted by atomic mass is 9.91. The van der Waals surface area contributed by atoms with Crippen molar-refractivity contribution in [1.82, 2.24) is 30.2 Å². The molecule has 4 N–H and O–H groups in total. The van der Waals surface area contributed by atoms with Crippen LogP contribution in [-0.4, -0.2) is 63.5 Å². The number of rotatable bonds is 11. The Morgan fingerprint density at radius 3 is 2.77 bits per heavy atom. The largest absolute Gasteiger partial charge is 0.360 e. The molecular weight excluding hydrogens is 524 g/mol. The molecule has 0 aliphatic heterocycles. The number of para-hydroxylation sites is 1. The first-order valence-electron chi connectivity index (χ1n) is 13.9. The van der Waals surface area contributed by atoms with Gasteiger partial charge in [-0.25, -0.2) is 9.97 Å². The highest BCUT2D eigenvalue weighted by Gasteiger charge is 2.23. The monoisotopic (exact) mass is 560 g/mol. The standard InChI is InChI=1S/C30H37ClN8O/c1-39(2)14-6-11-28(40)36-23-13-12-22(33-17-23)16-32-20-7-5-8-21(15-20)37-30-35-19-26(31)29(38-30)25-18-34-27-10-4-3-9-24(25)27/h3-4,9-10,12-13,17-21,32,34H,5-8,11,14-16H2,1-2H3,(H,36,40)(H,35,37,38)/t20-,21+/m0/s1. The van der Waals surface area contributed by atoms with Crippen LogP contribution in [0.15, 0.2) is 55.0 Å². The highest BCUT2D eigenvalue weighted by Crippen LogP contribution is 2.32. The van der Waals surface area contributed by atoms with Crippen LogP contribution >= 0.6 is 11.6 Å². The Balaban J connectivity index is 1.13. The molecule has 0 spiro atoms. The van der Waals surface area contributed by atoms with Gasteiger partial charge in [0, 0.05) is 47.7 Å². The Morgan fingerprint density at radius 1 is 1.10 bits per heavy atom. The van der Waals surface area contributed by atoms with Crippen LogP contribution in [0.25, 0.3) is 22.2 Å². The minimum atomic E-state index is 0.0218. The van der Waals surface area contributed by atoms with E-state index >= 15 is 0 Å². The van der Waals surface area contributed by atoms with Gasteiger partial charge in [-0.3, -0.25) is 9.78 Å². The van der Waals surface area contributed by atoms with Crippen LogP contribution < -0.4 is 16.0 Å². The Labute approximate surface area is 240 Å².